The van der Waals surface area contributed by atoms with E-state index >= 15 is 0 Å². The van der Waals surface area contributed by atoms with Crippen molar-refractivity contribution in [3.63, 3.8) is 0 Å². The molecule has 14 heavy (non-hydrogen) atoms. The molecule has 0 aromatic heterocycles. The minimum absolute atomic E-state index is 0.438. The lowest BCUT2D eigenvalue weighted by Crippen LogP contribution is -1.98. The average molecular weight is 211 g/mol. The molecule has 1 aromatic carbocycles. The summed E-state index contributed by atoms with van der Waals surface area (Å²) in [7, 11) is 0. The van der Waals surface area contributed by atoms with Crippen LogP contribution in [-0.2, 0) is 17.5 Å². The van der Waals surface area contributed by atoms with Gasteiger partial charge in [-0.2, -0.15) is 0 Å². The summed E-state index contributed by atoms with van der Waals surface area (Å²) in [6.45, 7) is 4.27. The minimum Gasteiger partial charge on any atom is -0.768 e. The Labute approximate surface area is 87.6 Å². The van der Waals surface area contributed by atoms with E-state index in [1.54, 1.807) is 12.1 Å². The van der Waals surface area contributed by atoms with Crippen LogP contribution in [0.1, 0.15) is 25.8 Å². The lowest BCUT2D eigenvalue weighted by molar-refractivity contribution is 0.533. The van der Waals surface area contributed by atoms with E-state index in [0.717, 1.165) is 18.4 Å². The molecule has 0 aliphatic rings. The predicted molar refractivity (Wildman–Crippen MR) is 56.8 cm³/mol. The first-order valence-corrected chi connectivity index (χ1v) is 5.86. The van der Waals surface area contributed by atoms with Gasteiger partial charge in [0, 0.05) is 4.90 Å². The second-order valence-corrected chi connectivity index (χ2v) is 4.68. The Bertz CT molecular complexity index is 321. The van der Waals surface area contributed by atoms with Gasteiger partial charge >= 0.3 is 0 Å². The van der Waals surface area contributed by atoms with E-state index in [-0.39, 0.29) is 0 Å². The van der Waals surface area contributed by atoms with Crippen molar-refractivity contribution in [3.8, 4) is 0 Å². The van der Waals surface area contributed by atoms with Crippen molar-refractivity contribution in [3.05, 3.63) is 29.8 Å². The topological polar surface area (TPSA) is 40.1 Å². The molecule has 0 saturated heterocycles. The van der Waals surface area contributed by atoms with E-state index in [9.17, 15) is 8.76 Å². The molecular weight excluding hydrogens is 196 g/mol. The van der Waals surface area contributed by atoms with Crippen molar-refractivity contribution in [2.24, 2.45) is 5.92 Å². The molecule has 0 aliphatic heterocycles. The normalized spacial score (nSPS) is 13.1. The van der Waals surface area contributed by atoms with Crippen LogP contribution in [0.4, 0.5) is 0 Å². The SMILES string of the molecule is CC(C)CCc1ccccc1S(=O)[O-]. The molecule has 78 valence electrons. The first-order chi connectivity index (χ1) is 6.61. The first-order valence-electron chi connectivity index (χ1n) is 4.78. The van der Waals surface area contributed by atoms with Crippen LogP contribution in [0.3, 0.4) is 0 Å². The molecule has 0 bridgehead atoms. The van der Waals surface area contributed by atoms with Gasteiger partial charge in [0.2, 0.25) is 0 Å². The van der Waals surface area contributed by atoms with Crippen molar-refractivity contribution in [2.45, 2.75) is 31.6 Å². The van der Waals surface area contributed by atoms with Gasteiger partial charge in [0.15, 0.2) is 0 Å². The molecule has 1 atom stereocenters. The lowest BCUT2D eigenvalue weighted by Gasteiger charge is -2.12. The number of aryl methyl sites for hydroxylation is 1. The molecular formula is C11H15O2S-. The van der Waals surface area contributed by atoms with Crippen LogP contribution in [-0.4, -0.2) is 8.76 Å². The fourth-order valence-electron chi connectivity index (χ4n) is 1.32. The molecule has 0 aliphatic carbocycles. The number of hydrogen-bond donors (Lipinski definition) is 0. The highest BCUT2D eigenvalue weighted by Crippen LogP contribution is 2.16. The molecule has 0 saturated carbocycles. The van der Waals surface area contributed by atoms with Crippen LogP contribution in [0.5, 0.6) is 0 Å². The summed E-state index contributed by atoms with van der Waals surface area (Å²) in [5.74, 6) is 0.600. The molecule has 0 fully saturated rings. The predicted octanol–water partition coefficient (Wildman–Crippen LogP) is 2.51. The minimum atomic E-state index is -2.11. The van der Waals surface area contributed by atoms with Gasteiger partial charge in [-0.1, -0.05) is 32.0 Å². The fraction of sp³-hybridized carbons (Fsp3) is 0.455. The van der Waals surface area contributed by atoms with E-state index in [4.69, 9.17) is 0 Å². The Morgan fingerprint density at radius 3 is 2.57 bits per heavy atom. The van der Waals surface area contributed by atoms with Gasteiger partial charge in [-0.05, 0) is 41.5 Å². The third kappa shape index (κ3) is 3.24. The van der Waals surface area contributed by atoms with Gasteiger partial charge in [0.05, 0.1) is 0 Å². The highest BCUT2D eigenvalue weighted by molar-refractivity contribution is 7.79. The third-order valence-electron chi connectivity index (χ3n) is 2.14. The highest BCUT2D eigenvalue weighted by Gasteiger charge is 2.02. The van der Waals surface area contributed by atoms with E-state index in [0.29, 0.717) is 10.8 Å². The van der Waals surface area contributed by atoms with Crippen molar-refractivity contribution in [1.29, 1.82) is 0 Å². The van der Waals surface area contributed by atoms with Crippen molar-refractivity contribution >= 4 is 11.1 Å². The Morgan fingerprint density at radius 2 is 2.00 bits per heavy atom. The van der Waals surface area contributed by atoms with Gasteiger partial charge < -0.3 is 4.55 Å². The molecule has 1 aromatic rings. The number of hydrogen-bond acceptors (Lipinski definition) is 2. The second kappa shape index (κ2) is 5.27. The zero-order chi connectivity index (χ0) is 10.6. The van der Waals surface area contributed by atoms with Crippen LogP contribution in [0.2, 0.25) is 0 Å². The molecule has 2 nitrogen and oxygen atoms in total. The zero-order valence-corrected chi connectivity index (χ0v) is 9.34. The molecule has 0 radical (unpaired) electrons. The standard InChI is InChI=1S/C11H16O2S/c1-9(2)7-8-10-5-3-4-6-11(10)14(12)13/h3-6,9H,7-8H2,1-2H3,(H,12,13)/p-1. The molecule has 0 spiro atoms. The fourth-order valence-corrected chi connectivity index (χ4v) is 1.89. The summed E-state index contributed by atoms with van der Waals surface area (Å²) in [5, 5.41) is 0. The quantitative estimate of drug-likeness (QED) is 0.718. The average Bonchev–Trinajstić information content (AvgIpc) is 2.15. The zero-order valence-electron chi connectivity index (χ0n) is 8.53. The lowest BCUT2D eigenvalue weighted by atomic mass is 10.0. The molecule has 0 N–H and O–H groups in total. The van der Waals surface area contributed by atoms with E-state index in [1.807, 2.05) is 12.1 Å². The second-order valence-electron chi connectivity index (χ2n) is 3.77. The maximum absolute atomic E-state index is 10.9. The Hall–Kier alpha value is -0.670. The third-order valence-corrected chi connectivity index (χ3v) is 2.90. The van der Waals surface area contributed by atoms with Crippen molar-refractivity contribution in [2.75, 3.05) is 0 Å². The van der Waals surface area contributed by atoms with Crippen molar-refractivity contribution < 1.29 is 8.76 Å². The smallest absolute Gasteiger partial charge is 0.0280 e. The van der Waals surface area contributed by atoms with E-state index in [2.05, 4.69) is 13.8 Å². The maximum Gasteiger partial charge on any atom is 0.0280 e. The summed E-state index contributed by atoms with van der Waals surface area (Å²) >= 11 is -2.11. The molecule has 0 amide bonds. The number of rotatable bonds is 4. The monoisotopic (exact) mass is 211 g/mol. The summed E-state index contributed by atoms with van der Waals surface area (Å²) < 4.78 is 21.7. The van der Waals surface area contributed by atoms with Crippen LogP contribution in [0.15, 0.2) is 29.2 Å². The Balaban J connectivity index is 2.79. The van der Waals surface area contributed by atoms with Gasteiger partial charge in [-0.25, -0.2) is 0 Å². The Morgan fingerprint density at radius 1 is 1.36 bits per heavy atom. The largest absolute Gasteiger partial charge is 0.768 e. The number of benzene rings is 1. The van der Waals surface area contributed by atoms with Gasteiger partial charge in [-0.3, -0.25) is 4.21 Å². The summed E-state index contributed by atoms with van der Waals surface area (Å²) in [4.78, 5) is 0.438. The van der Waals surface area contributed by atoms with Gasteiger partial charge in [0.1, 0.15) is 0 Å². The van der Waals surface area contributed by atoms with Crippen LogP contribution >= 0.6 is 0 Å². The molecule has 0 heterocycles. The molecule has 1 rings (SSSR count). The highest BCUT2D eigenvalue weighted by atomic mass is 32.2. The van der Waals surface area contributed by atoms with Crippen molar-refractivity contribution in [1.82, 2.24) is 0 Å². The molecule has 3 heteroatoms. The van der Waals surface area contributed by atoms with E-state index < -0.39 is 11.1 Å². The van der Waals surface area contributed by atoms with Crippen LogP contribution < -0.4 is 0 Å². The summed E-state index contributed by atoms with van der Waals surface area (Å²) in [6.07, 6.45) is 1.86. The summed E-state index contributed by atoms with van der Waals surface area (Å²) in [6, 6.07) is 7.17. The Kier molecular flexibility index (Phi) is 4.29. The van der Waals surface area contributed by atoms with Gasteiger partial charge in [-0.15, -0.1) is 0 Å². The van der Waals surface area contributed by atoms with Crippen LogP contribution in [0, 0.1) is 5.92 Å². The maximum atomic E-state index is 10.9. The van der Waals surface area contributed by atoms with E-state index in [1.165, 1.54) is 0 Å². The van der Waals surface area contributed by atoms with Crippen LogP contribution in [0.25, 0.3) is 0 Å². The molecule has 1 unspecified atom stereocenters. The first kappa shape index (κ1) is 11.4. The summed E-state index contributed by atoms with van der Waals surface area (Å²) in [5.41, 5.74) is 0.925. The van der Waals surface area contributed by atoms with Gasteiger partial charge in [0.25, 0.3) is 0 Å².